The summed E-state index contributed by atoms with van der Waals surface area (Å²) in [5, 5.41) is 1.09. The second kappa shape index (κ2) is 10.2. The molecule has 0 saturated heterocycles. The molecule has 2 rings (SSSR count). The lowest BCUT2D eigenvalue weighted by Crippen LogP contribution is -2.33. The zero-order valence-electron chi connectivity index (χ0n) is 15.5. The number of nitrogens with two attached hydrogens (primary N) is 1. The molecule has 24 heavy (non-hydrogen) atoms. The summed E-state index contributed by atoms with van der Waals surface area (Å²) in [5.41, 5.74) is 8.33. The van der Waals surface area contributed by atoms with E-state index in [0.29, 0.717) is 0 Å². The molecule has 1 aliphatic heterocycles. The lowest BCUT2D eigenvalue weighted by Gasteiger charge is -2.10. The van der Waals surface area contributed by atoms with Gasteiger partial charge in [-0.05, 0) is 25.3 Å². The van der Waals surface area contributed by atoms with Gasteiger partial charge in [-0.1, -0.05) is 82.6 Å². The third-order valence-electron chi connectivity index (χ3n) is 4.63. The Balaban J connectivity index is 1.61. The number of thioether (sulfide) groups is 1. The minimum Gasteiger partial charge on any atom is -0.307 e. The molecule has 1 aliphatic rings. The largest absolute Gasteiger partial charge is 0.307 e. The number of hydrogen-bond acceptors (Lipinski definition) is 3. The van der Waals surface area contributed by atoms with Gasteiger partial charge in [0.2, 0.25) is 0 Å². The van der Waals surface area contributed by atoms with E-state index in [-0.39, 0.29) is 0 Å². The third-order valence-corrected chi connectivity index (χ3v) is 5.96. The average molecular weight is 347 g/mol. The molecule has 0 fully saturated rings. The molecule has 3 heteroatoms. The van der Waals surface area contributed by atoms with Crippen LogP contribution in [0.4, 0.5) is 0 Å². The van der Waals surface area contributed by atoms with Crippen LogP contribution in [0.2, 0.25) is 0 Å². The fraction of sp³-hybridized carbons (Fsp3) is 0.667. The van der Waals surface area contributed by atoms with Crippen LogP contribution in [0, 0.1) is 0 Å². The van der Waals surface area contributed by atoms with Gasteiger partial charge in [-0.25, -0.2) is 0 Å². The Labute approximate surface area is 152 Å². The molecule has 134 valence electrons. The summed E-state index contributed by atoms with van der Waals surface area (Å²) >= 11 is 1.77. The second-order valence-corrected chi connectivity index (χ2v) is 8.30. The van der Waals surface area contributed by atoms with E-state index in [9.17, 15) is 0 Å². The first-order valence-corrected chi connectivity index (χ1v) is 10.7. The van der Waals surface area contributed by atoms with Crippen molar-refractivity contribution in [2.75, 3.05) is 5.75 Å². The molecule has 0 amide bonds. The van der Waals surface area contributed by atoms with Crippen molar-refractivity contribution in [3.8, 4) is 0 Å². The van der Waals surface area contributed by atoms with Crippen molar-refractivity contribution in [1.29, 1.82) is 0 Å². The molecule has 2 nitrogen and oxygen atoms in total. The van der Waals surface area contributed by atoms with Crippen LogP contribution >= 0.6 is 11.8 Å². The van der Waals surface area contributed by atoms with E-state index in [1.165, 1.54) is 75.3 Å². The first-order valence-electron chi connectivity index (χ1n) is 9.71. The van der Waals surface area contributed by atoms with Gasteiger partial charge in [0.25, 0.3) is 0 Å². The lowest BCUT2D eigenvalue weighted by atomic mass is 10.0. The summed E-state index contributed by atoms with van der Waals surface area (Å²) in [6, 6.07) is 8.93. The molecule has 2 N–H and O–H groups in total. The maximum atomic E-state index is 6.07. The highest BCUT2D eigenvalue weighted by Gasteiger charge is 2.26. The van der Waals surface area contributed by atoms with Crippen molar-refractivity contribution in [3.05, 3.63) is 35.4 Å². The fourth-order valence-corrected chi connectivity index (χ4v) is 4.18. The molecule has 0 aromatic heterocycles. The lowest BCUT2D eigenvalue weighted by molar-refractivity contribution is 0.565. The number of aryl methyl sites for hydroxylation is 1. The maximum Gasteiger partial charge on any atom is 0.116 e. The minimum absolute atomic E-state index is 0.394. The predicted octanol–water partition coefficient (Wildman–Crippen LogP) is 5.93. The van der Waals surface area contributed by atoms with E-state index in [0.717, 1.165) is 10.8 Å². The molecule has 0 spiro atoms. The highest BCUT2D eigenvalue weighted by atomic mass is 32.2. The van der Waals surface area contributed by atoms with Gasteiger partial charge in [-0.15, -0.1) is 11.8 Å². The van der Waals surface area contributed by atoms with E-state index in [2.05, 4.69) is 36.2 Å². The Bertz CT molecular complexity index is 505. The molecule has 1 aromatic carbocycles. The van der Waals surface area contributed by atoms with Crippen molar-refractivity contribution in [3.63, 3.8) is 0 Å². The minimum atomic E-state index is -0.394. The Morgan fingerprint density at radius 2 is 1.54 bits per heavy atom. The average Bonchev–Trinajstić information content (AvgIpc) is 2.94. The van der Waals surface area contributed by atoms with Crippen LogP contribution in [0.1, 0.15) is 82.8 Å². The molecule has 0 saturated carbocycles. The SMILES string of the molecule is CCCCCCCCCCCc1ccc(C2=N[C@@](C)(N)CS2)cc1. The third kappa shape index (κ3) is 6.98. The Kier molecular flexibility index (Phi) is 8.34. The summed E-state index contributed by atoms with van der Waals surface area (Å²) in [4.78, 5) is 4.60. The standard InChI is InChI=1S/C21H34N2S/c1-3-4-5-6-7-8-9-10-11-12-18-13-15-19(16-14-18)20-23-21(2,22)17-24-20/h13-16H,3-12,17,22H2,1-2H3/t21-/m1/s1. The van der Waals surface area contributed by atoms with E-state index in [1.807, 2.05) is 6.92 Å². The van der Waals surface area contributed by atoms with Crippen molar-refractivity contribution < 1.29 is 0 Å². The Morgan fingerprint density at radius 1 is 0.958 bits per heavy atom. The number of hydrogen-bond donors (Lipinski definition) is 1. The molecule has 0 aliphatic carbocycles. The molecule has 0 radical (unpaired) electrons. The first kappa shape index (κ1) is 19.5. The van der Waals surface area contributed by atoms with Gasteiger partial charge < -0.3 is 5.73 Å². The van der Waals surface area contributed by atoms with Crippen LogP contribution in [0.5, 0.6) is 0 Å². The number of unbranched alkanes of at least 4 members (excludes halogenated alkanes) is 8. The van der Waals surface area contributed by atoms with Crippen molar-refractivity contribution in [2.24, 2.45) is 10.7 Å². The van der Waals surface area contributed by atoms with Gasteiger partial charge >= 0.3 is 0 Å². The summed E-state index contributed by atoms with van der Waals surface area (Å²) in [5.74, 6) is 0.878. The van der Waals surface area contributed by atoms with E-state index >= 15 is 0 Å². The molecular formula is C21H34N2S. The zero-order valence-corrected chi connectivity index (χ0v) is 16.3. The van der Waals surface area contributed by atoms with Gasteiger partial charge in [0, 0.05) is 11.3 Å². The maximum absolute atomic E-state index is 6.07. The monoisotopic (exact) mass is 346 g/mol. The van der Waals surface area contributed by atoms with E-state index < -0.39 is 5.66 Å². The van der Waals surface area contributed by atoms with Gasteiger partial charge in [0.1, 0.15) is 10.7 Å². The first-order chi connectivity index (χ1) is 11.6. The molecular weight excluding hydrogens is 312 g/mol. The number of nitrogens with zero attached hydrogens (tertiary/aromatic N) is 1. The van der Waals surface area contributed by atoms with Gasteiger partial charge in [0.15, 0.2) is 0 Å². The van der Waals surface area contributed by atoms with Crippen LogP contribution in [0.25, 0.3) is 0 Å². The number of rotatable bonds is 11. The van der Waals surface area contributed by atoms with Crippen LogP contribution in [0.15, 0.2) is 29.3 Å². The normalized spacial score (nSPS) is 20.4. The summed E-state index contributed by atoms with van der Waals surface area (Å²) in [6.07, 6.45) is 13.7. The topological polar surface area (TPSA) is 38.4 Å². The van der Waals surface area contributed by atoms with Crippen LogP contribution in [-0.4, -0.2) is 16.5 Å². The molecule has 0 unspecified atom stereocenters. The molecule has 1 atom stereocenters. The van der Waals surface area contributed by atoms with Gasteiger partial charge in [-0.3, -0.25) is 4.99 Å². The molecule has 1 aromatic rings. The second-order valence-electron chi connectivity index (χ2n) is 7.34. The summed E-state index contributed by atoms with van der Waals surface area (Å²) in [6.45, 7) is 4.27. The van der Waals surface area contributed by atoms with Crippen LogP contribution in [0.3, 0.4) is 0 Å². The van der Waals surface area contributed by atoms with Crippen molar-refractivity contribution in [2.45, 2.75) is 83.7 Å². The smallest absolute Gasteiger partial charge is 0.116 e. The number of aliphatic imine (C=N–C) groups is 1. The highest BCUT2D eigenvalue weighted by Crippen LogP contribution is 2.27. The molecule has 0 bridgehead atoms. The fourth-order valence-electron chi connectivity index (χ4n) is 3.11. The summed E-state index contributed by atoms with van der Waals surface area (Å²) < 4.78 is 0. The van der Waals surface area contributed by atoms with Gasteiger partial charge in [-0.2, -0.15) is 0 Å². The summed E-state index contributed by atoms with van der Waals surface area (Å²) in [7, 11) is 0. The van der Waals surface area contributed by atoms with Crippen molar-refractivity contribution >= 4 is 16.8 Å². The highest BCUT2D eigenvalue weighted by molar-refractivity contribution is 8.14. The van der Waals surface area contributed by atoms with E-state index in [4.69, 9.17) is 5.73 Å². The van der Waals surface area contributed by atoms with Crippen LogP contribution < -0.4 is 5.73 Å². The van der Waals surface area contributed by atoms with Crippen molar-refractivity contribution in [1.82, 2.24) is 0 Å². The number of benzene rings is 1. The van der Waals surface area contributed by atoms with Gasteiger partial charge in [0.05, 0.1) is 0 Å². The Hall–Kier alpha value is -0.800. The molecule has 1 heterocycles. The quantitative estimate of drug-likeness (QED) is 0.504. The zero-order chi connectivity index (χ0) is 17.3. The van der Waals surface area contributed by atoms with Crippen LogP contribution in [-0.2, 0) is 6.42 Å². The predicted molar refractivity (Wildman–Crippen MR) is 109 cm³/mol. The Morgan fingerprint density at radius 3 is 2.08 bits per heavy atom. The van der Waals surface area contributed by atoms with E-state index in [1.54, 1.807) is 11.8 Å².